The van der Waals surface area contributed by atoms with E-state index in [4.69, 9.17) is 0 Å². The topological polar surface area (TPSA) is 64.1 Å². The summed E-state index contributed by atoms with van der Waals surface area (Å²) in [5.74, 6) is -2.68. The van der Waals surface area contributed by atoms with E-state index in [9.17, 15) is 36.6 Å². The van der Waals surface area contributed by atoms with Gasteiger partial charge >= 0.3 is 12.1 Å². The molecule has 2 aromatic carbocycles. The average molecular weight is 638 g/mol. The highest BCUT2D eigenvalue weighted by atomic mass is 19.4. The SMILES string of the molecule is CN1CCC(N(CC(F)(F)F)C(=O)Cc2ccc(F)c(F)c2)CC1.O=C(O)C(C1CCCCC1)N1CCC(c2ccccc2)C1. The van der Waals surface area contributed by atoms with Crippen LogP contribution in [0.1, 0.15) is 68.4 Å². The van der Waals surface area contributed by atoms with Crippen molar-refractivity contribution < 1.29 is 36.6 Å². The van der Waals surface area contributed by atoms with E-state index in [1.807, 2.05) is 18.0 Å². The number of benzene rings is 2. The Morgan fingerprint density at radius 1 is 0.911 bits per heavy atom. The molecule has 1 saturated carbocycles. The van der Waals surface area contributed by atoms with Crippen molar-refractivity contribution in [2.24, 2.45) is 5.92 Å². The summed E-state index contributed by atoms with van der Waals surface area (Å²) in [6.45, 7) is 1.71. The zero-order valence-corrected chi connectivity index (χ0v) is 25.8. The molecule has 2 aliphatic heterocycles. The number of carboxylic acids is 1. The molecule has 0 aromatic heterocycles. The second-order valence-electron chi connectivity index (χ2n) is 12.7. The average Bonchev–Trinajstić information content (AvgIpc) is 3.49. The van der Waals surface area contributed by atoms with Gasteiger partial charge in [0.15, 0.2) is 11.6 Å². The molecular weight excluding hydrogens is 593 g/mol. The zero-order chi connectivity index (χ0) is 32.6. The minimum atomic E-state index is -4.51. The molecule has 2 saturated heterocycles. The lowest BCUT2D eigenvalue weighted by Crippen LogP contribution is -2.50. The predicted molar refractivity (Wildman–Crippen MR) is 162 cm³/mol. The van der Waals surface area contributed by atoms with Gasteiger partial charge in [-0.1, -0.05) is 55.7 Å². The van der Waals surface area contributed by atoms with E-state index < -0.39 is 42.3 Å². The van der Waals surface area contributed by atoms with Gasteiger partial charge in [0.1, 0.15) is 12.6 Å². The van der Waals surface area contributed by atoms with Gasteiger partial charge in [-0.15, -0.1) is 0 Å². The number of carbonyl (C=O) groups excluding carboxylic acids is 1. The van der Waals surface area contributed by atoms with Crippen LogP contribution in [0.2, 0.25) is 0 Å². The molecule has 45 heavy (non-hydrogen) atoms. The number of nitrogens with zero attached hydrogens (tertiary/aromatic N) is 3. The van der Waals surface area contributed by atoms with Gasteiger partial charge in [0.05, 0.1) is 6.42 Å². The summed E-state index contributed by atoms with van der Waals surface area (Å²) < 4.78 is 64.7. The summed E-state index contributed by atoms with van der Waals surface area (Å²) in [5, 5.41) is 9.70. The number of alkyl halides is 3. The van der Waals surface area contributed by atoms with Gasteiger partial charge in [-0.05, 0) is 93.9 Å². The van der Waals surface area contributed by atoms with Gasteiger partial charge in [-0.2, -0.15) is 13.2 Å². The first-order valence-corrected chi connectivity index (χ1v) is 15.9. The maximum Gasteiger partial charge on any atom is 0.406 e. The van der Waals surface area contributed by atoms with Crippen molar-refractivity contribution in [1.29, 1.82) is 0 Å². The van der Waals surface area contributed by atoms with Crippen LogP contribution in [0.3, 0.4) is 0 Å². The number of amides is 1. The van der Waals surface area contributed by atoms with Crippen molar-refractivity contribution in [1.82, 2.24) is 14.7 Å². The third-order valence-electron chi connectivity index (χ3n) is 9.37. The van der Waals surface area contributed by atoms with E-state index in [2.05, 4.69) is 29.2 Å². The number of piperidine rings is 1. The molecule has 5 rings (SSSR count). The Kier molecular flexibility index (Phi) is 12.4. The summed E-state index contributed by atoms with van der Waals surface area (Å²) in [7, 11) is 1.87. The van der Waals surface area contributed by atoms with Crippen LogP contribution in [0.4, 0.5) is 22.0 Å². The molecule has 0 radical (unpaired) electrons. The van der Waals surface area contributed by atoms with Crippen LogP contribution >= 0.6 is 0 Å². The monoisotopic (exact) mass is 637 g/mol. The first-order chi connectivity index (χ1) is 21.4. The van der Waals surface area contributed by atoms with Crippen molar-refractivity contribution in [2.75, 3.05) is 39.8 Å². The van der Waals surface area contributed by atoms with Gasteiger partial charge < -0.3 is 14.9 Å². The van der Waals surface area contributed by atoms with E-state index in [0.29, 0.717) is 37.8 Å². The summed E-state index contributed by atoms with van der Waals surface area (Å²) in [6, 6.07) is 12.7. The number of rotatable bonds is 8. The van der Waals surface area contributed by atoms with Gasteiger partial charge in [0.2, 0.25) is 5.91 Å². The maximum absolute atomic E-state index is 13.2. The van der Waals surface area contributed by atoms with Crippen molar-refractivity contribution in [3.63, 3.8) is 0 Å². The van der Waals surface area contributed by atoms with Crippen LogP contribution in [0.25, 0.3) is 0 Å². The molecule has 11 heteroatoms. The number of halogens is 5. The fraction of sp³-hybridized carbons (Fsp3) is 0.588. The van der Waals surface area contributed by atoms with Crippen molar-refractivity contribution in [3.05, 3.63) is 71.3 Å². The second-order valence-corrected chi connectivity index (χ2v) is 12.7. The third-order valence-corrected chi connectivity index (χ3v) is 9.37. The number of carboxylic acid groups (broad SMARTS) is 1. The first kappa shape index (κ1) is 34.8. The molecule has 0 spiro atoms. The molecule has 2 unspecified atom stereocenters. The molecule has 2 heterocycles. The Balaban J connectivity index is 0.000000206. The normalized spacial score (nSPS) is 21.2. The van der Waals surface area contributed by atoms with Gasteiger partial charge in [0.25, 0.3) is 0 Å². The fourth-order valence-electron chi connectivity index (χ4n) is 6.99. The number of hydrogen-bond donors (Lipinski definition) is 1. The van der Waals surface area contributed by atoms with Crippen LogP contribution in [-0.4, -0.2) is 89.7 Å². The van der Waals surface area contributed by atoms with Crippen LogP contribution in [0, 0.1) is 17.6 Å². The Morgan fingerprint density at radius 2 is 1.58 bits per heavy atom. The highest BCUT2D eigenvalue weighted by molar-refractivity contribution is 5.79. The minimum absolute atomic E-state index is 0.152. The Hall–Kier alpha value is -3.05. The largest absolute Gasteiger partial charge is 0.480 e. The molecule has 1 N–H and O–H groups in total. The van der Waals surface area contributed by atoms with E-state index in [1.165, 1.54) is 30.9 Å². The van der Waals surface area contributed by atoms with Crippen molar-refractivity contribution >= 4 is 11.9 Å². The lowest BCUT2D eigenvalue weighted by molar-refractivity contribution is -0.167. The molecule has 248 valence electrons. The van der Waals surface area contributed by atoms with E-state index in [0.717, 1.165) is 49.4 Å². The van der Waals surface area contributed by atoms with Gasteiger partial charge in [-0.3, -0.25) is 14.5 Å². The van der Waals surface area contributed by atoms with Gasteiger partial charge in [-0.25, -0.2) is 8.78 Å². The Bertz CT molecular complexity index is 1250. The zero-order valence-electron chi connectivity index (χ0n) is 25.8. The molecule has 3 aliphatic rings. The molecule has 1 amide bonds. The van der Waals surface area contributed by atoms with Crippen LogP contribution < -0.4 is 0 Å². The molecule has 6 nitrogen and oxygen atoms in total. The van der Waals surface area contributed by atoms with Gasteiger partial charge in [0, 0.05) is 12.6 Å². The second kappa shape index (κ2) is 16.0. The quantitative estimate of drug-likeness (QED) is 0.335. The van der Waals surface area contributed by atoms with Crippen LogP contribution in [0.15, 0.2) is 48.5 Å². The predicted octanol–water partition coefficient (Wildman–Crippen LogP) is 6.50. The molecule has 1 aliphatic carbocycles. The van der Waals surface area contributed by atoms with E-state index in [-0.39, 0.29) is 18.0 Å². The van der Waals surface area contributed by atoms with E-state index in [1.54, 1.807) is 0 Å². The molecule has 2 atom stereocenters. The molecule has 2 aromatic rings. The van der Waals surface area contributed by atoms with Crippen molar-refractivity contribution in [3.8, 4) is 0 Å². The Morgan fingerprint density at radius 3 is 2.18 bits per heavy atom. The lowest BCUT2D eigenvalue weighted by Gasteiger charge is -2.37. The summed E-state index contributed by atoms with van der Waals surface area (Å²) in [6.07, 6.45) is 2.94. The minimum Gasteiger partial charge on any atom is -0.480 e. The summed E-state index contributed by atoms with van der Waals surface area (Å²) >= 11 is 0. The first-order valence-electron chi connectivity index (χ1n) is 15.9. The number of hydrogen-bond acceptors (Lipinski definition) is 4. The number of likely N-dealkylation sites (tertiary alicyclic amines) is 2. The highest BCUT2D eigenvalue weighted by Crippen LogP contribution is 2.34. The van der Waals surface area contributed by atoms with E-state index >= 15 is 0 Å². The standard InChI is InChI=1S/C18H25NO2.C16H19F5N2O/c20-18(21)17(15-9-5-2-6-10-15)19-12-11-16(13-19)14-7-3-1-4-8-14;1-22-6-4-12(5-7-22)23(10-16(19,20)21)15(24)9-11-2-3-13(17)14(18)8-11/h1,3-4,7-8,15-17H,2,5-6,9-13H2,(H,20,21);2-3,8,12H,4-7,9-10H2,1H3. The number of aliphatic carboxylic acids is 1. The fourth-order valence-corrected chi connectivity index (χ4v) is 6.99. The highest BCUT2D eigenvalue weighted by Gasteiger charge is 2.39. The molecule has 0 bridgehead atoms. The smallest absolute Gasteiger partial charge is 0.406 e. The summed E-state index contributed by atoms with van der Waals surface area (Å²) in [4.78, 5) is 29.2. The Labute approximate surface area is 262 Å². The molecule has 3 fully saturated rings. The third kappa shape index (κ3) is 10.2. The lowest BCUT2D eigenvalue weighted by atomic mass is 9.83. The number of carbonyl (C=O) groups is 2. The maximum atomic E-state index is 13.2. The van der Waals surface area contributed by atoms with Crippen molar-refractivity contribution in [2.45, 2.75) is 82.0 Å². The molecular formula is C34H44F5N3O3. The summed E-state index contributed by atoms with van der Waals surface area (Å²) in [5.41, 5.74) is 1.51. The van der Waals surface area contributed by atoms with Crippen LogP contribution in [0.5, 0.6) is 0 Å². The van der Waals surface area contributed by atoms with Crippen LogP contribution in [-0.2, 0) is 16.0 Å².